The van der Waals surface area contributed by atoms with Gasteiger partial charge in [0.1, 0.15) is 5.75 Å². The van der Waals surface area contributed by atoms with Crippen LogP contribution in [0.15, 0.2) is 18.2 Å². The minimum absolute atomic E-state index is 0.165. The van der Waals surface area contributed by atoms with E-state index in [9.17, 15) is 5.11 Å². The van der Waals surface area contributed by atoms with E-state index in [0.29, 0.717) is 0 Å². The van der Waals surface area contributed by atoms with Crippen molar-refractivity contribution in [2.24, 2.45) is 5.73 Å². The summed E-state index contributed by atoms with van der Waals surface area (Å²) in [4.78, 5) is 0. The van der Waals surface area contributed by atoms with Gasteiger partial charge in [-0.15, -0.1) is 0 Å². The lowest BCUT2D eigenvalue weighted by Gasteiger charge is -2.08. The third-order valence-corrected chi connectivity index (χ3v) is 2.53. The van der Waals surface area contributed by atoms with Gasteiger partial charge in [-0.3, -0.25) is 0 Å². The molecule has 0 spiro atoms. The van der Waals surface area contributed by atoms with Crippen LogP contribution in [0.3, 0.4) is 0 Å². The van der Waals surface area contributed by atoms with Gasteiger partial charge < -0.3 is 15.6 Å². The van der Waals surface area contributed by atoms with Gasteiger partial charge in [-0.2, -0.15) is 0 Å². The van der Waals surface area contributed by atoms with E-state index in [2.05, 4.69) is 0 Å². The van der Waals surface area contributed by atoms with Crippen molar-refractivity contribution >= 4 is 0 Å². The summed E-state index contributed by atoms with van der Waals surface area (Å²) in [6.07, 6.45) is 0.217. The molecule has 2 atom stereocenters. The van der Waals surface area contributed by atoms with Gasteiger partial charge in [0, 0.05) is 6.04 Å². The fraction of sp³-hybridized carbons (Fsp3) is 0.400. The molecule has 70 valence electrons. The Morgan fingerprint density at radius 1 is 1.54 bits per heavy atom. The van der Waals surface area contributed by atoms with E-state index in [1.54, 1.807) is 7.11 Å². The minimum atomic E-state index is -0.513. The number of rotatable bonds is 1. The van der Waals surface area contributed by atoms with Crippen molar-refractivity contribution in [1.82, 2.24) is 0 Å². The third-order valence-electron chi connectivity index (χ3n) is 2.53. The summed E-state index contributed by atoms with van der Waals surface area (Å²) in [6.45, 7) is 0. The fourth-order valence-corrected chi connectivity index (χ4v) is 1.77. The van der Waals surface area contributed by atoms with Crippen molar-refractivity contribution in [3.05, 3.63) is 29.3 Å². The van der Waals surface area contributed by atoms with Crippen LogP contribution in [0.2, 0.25) is 0 Å². The van der Waals surface area contributed by atoms with E-state index in [4.69, 9.17) is 10.5 Å². The number of aliphatic hydroxyl groups is 1. The van der Waals surface area contributed by atoms with Crippen LogP contribution >= 0.6 is 0 Å². The van der Waals surface area contributed by atoms with E-state index in [-0.39, 0.29) is 6.04 Å². The van der Waals surface area contributed by atoms with Crippen LogP contribution in [0.5, 0.6) is 5.75 Å². The predicted molar refractivity (Wildman–Crippen MR) is 49.6 cm³/mol. The maximum Gasteiger partial charge on any atom is 0.119 e. The summed E-state index contributed by atoms with van der Waals surface area (Å²) in [5.41, 5.74) is 7.76. The zero-order chi connectivity index (χ0) is 9.42. The first-order valence-corrected chi connectivity index (χ1v) is 4.33. The van der Waals surface area contributed by atoms with Gasteiger partial charge in [0.25, 0.3) is 0 Å². The first kappa shape index (κ1) is 8.53. The number of methoxy groups -OCH3 is 1. The molecule has 0 amide bonds. The largest absolute Gasteiger partial charge is 0.497 e. The van der Waals surface area contributed by atoms with Crippen LogP contribution in [0.25, 0.3) is 0 Å². The van der Waals surface area contributed by atoms with Crippen molar-refractivity contribution < 1.29 is 9.84 Å². The summed E-state index contributed by atoms with van der Waals surface area (Å²) in [6, 6.07) is 5.50. The zero-order valence-corrected chi connectivity index (χ0v) is 7.53. The maximum absolute atomic E-state index is 9.65. The smallest absolute Gasteiger partial charge is 0.119 e. The molecule has 13 heavy (non-hydrogen) atoms. The predicted octanol–water partition coefficient (Wildman–Crippen LogP) is 0.612. The molecule has 0 aromatic heterocycles. The van der Waals surface area contributed by atoms with Crippen LogP contribution in [0, 0.1) is 0 Å². The Labute approximate surface area is 77.1 Å². The molecule has 0 unspecified atom stereocenters. The van der Waals surface area contributed by atoms with Crippen LogP contribution in [-0.4, -0.2) is 18.3 Å². The Hall–Kier alpha value is -1.06. The molecule has 0 heterocycles. The molecule has 0 radical (unpaired) electrons. The van der Waals surface area contributed by atoms with E-state index in [1.807, 2.05) is 18.2 Å². The number of hydrogen-bond donors (Lipinski definition) is 2. The molecule has 1 aliphatic rings. The normalized spacial score (nSPS) is 25.8. The minimum Gasteiger partial charge on any atom is -0.497 e. The Kier molecular flexibility index (Phi) is 1.98. The second-order valence-electron chi connectivity index (χ2n) is 3.38. The van der Waals surface area contributed by atoms with Crippen LogP contribution in [0.4, 0.5) is 0 Å². The topological polar surface area (TPSA) is 55.5 Å². The Balaban J connectivity index is 2.40. The first-order valence-electron chi connectivity index (χ1n) is 4.33. The number of aliphatic hydroxyl groups excluding tert-OH is 1. The summed E-state index contributed by atoms with van der Waals surface area (Å²) >= 11 is 0. The van der Waals surface area contributed by atoms with E-state index < -0.39 is 6.10 Å². The molecule has 0 saturated carbocycles. The van der Waals surface area contributed by atoms with Crippen molar-refractivity contribution in [3.63, 3.8) is 0 Å². The molecular formula is C10H13NO2. The van der Waals surface area contributed by atoms with Gasteiger partial charge in [0.05, 0.1) is 13.2 Å². The Morgan fingerprint density at radius 2 is 2.31 bits per heavy atom. The van der Waals surface area contributed by atoms with Crippen molar-refractivity contribution in [3.8, 4) is 5.75 Å². The molecule has 0 fully saturated rings. The molecule has 0 aliphatic heterocycles. The van der Waals surface area contributed by atoms with E-state index in [1.165, 1.54) is 0 Å². The molecule has 3 nitrogen and oxygen atoms in total. The highest BCUT2D eigenvalue weighted by molar-refractivity contribution is 5.41. The fourth-order valence-electron chi connectivity index (χ4n) is 1.77. The van der Waals surface area contributed by atoms with Crippen molar-refractivity contribution in [2.45, 2.75) is 18.6 Å². The maximum atomic E-state index is 9.65. The second kappa shape index (κ2) is 3.01. The Bertz CT molecular complexity index is 325. The van der Waals surface area contributed by atoms with Gasteiger partial charge in [-0.1, -0.05) is 6.07 Å². The molecule has 3 N–H and O–H groups in total. The van der Waals surface area contributed by atoms with E-state index in [0.717, 1.165) is 23.3 Å². The average Bonchev–Trinajstić information content (AvgIpc) is 2.42. The highest BCUT2D eigenvalue weighted by Crippen LogP contribution is 2.32. The monoisotopic (exact) mass is 179 g/mol. The third kappa shape index (κ3) is 1.30. The molecule has 0 bridgehead atoms. The summed E-state index contributed by atoms with van der Waals surface area (Å²) in [7, 11) is 1.63. The number of fused-ring (bicyclic) bond motifs is 1. The molecule has 1 aliphatic carbocycles. The molecule has 0 saturated heterocycles. The summed E-state index contributed by atoms with van der Waals surface area (Å²) in [5, 5.41) is 9.65. The Morgan fingerprint density at radius 3 is 3.00 bits per heavy atom. The first-order chi connectivity index (χ1) is 6.22. The standard InChI is InChI=1S/C10H13NO2/c1-13-7-2-3-8-6(4-7)5-9(11)10(8)12/h2-4,9-10,12H,5,11H2,1H3/t9-,10+/m1/s1. The summed E-state index contributed by atoms with van der Waals surface area (Å²) < 4.78 is 5.09. The van der Waals surface area contributed by atoms with Gasteiger partial charge >= 0.3 is 0 Å². The van der Waals surface area contributed by atoms with E-state index >= 15 is 0 Å². The lowest BCUT2D eigenvalue weighted by Crippen LogP contribution is -2.24. The lowest BCUT2D eigenvalue weighted by atomic mass is 10.1. The molecule has 3 heteroatoms. The number of benzene rings is 1. The van der Waals surface area contributed by atoms with Gasteiger partial charge in [0.2, 0.25) is 0 Å². The van der Waals surface area contributed by atoms with Crippen molar-refractivity contribution in [2.75, 3.05) is 7.11 Å². The van der Waals surface area contributed by atoms with Gasteiger partial charge in [0.15, 0.2) is 0 Å². The molecule has 1 aromatic rings. The number of hydrogen-bond acceptors (Lipinski definition) is 3. The van der Waals surface area contributed by atoms with Crippen molar-refractivity contribution in [1.29, 1.82) is 0 Å². The van der Waals surface area contributed by atoms with Crippen LogP contribution in [0.1, 0.15) is 17.2 Å². The summed E-state index contributed by atoms with van der Waals surface area (Å²) in [5.74, 6) is 0.819. The van der Waals surface area contributed by atoms with Gasteiger partial charge in [-0.05, 0) is 29.7 Å². The van der Waals surface area contributed by atoms with Crippen LogP contribution in [-0.2, 0) is 6.42 Å². The highest BCUT2D eigenvalue weighted by Gasteiger charge is 2.27. The molecular weight excluding hydrogens is 166 g/mol. The quantitative estimate of drug-likeness (QED) is 0.664. The lowest BCUT2D eigenvalue weighted by molar-refractivity contribution is 0.159. The average molecular weight is 179 g/mol. The zero-order valence-electron chi connectivity index (χ0n) is 7.53. The second-order valence-corrected chi connectivity index (χ2v) is 3.38. The molecule has 1 aromatic carbocycles. The number of ether oxygens (including phenoxy) is 1. The highest BCUT2D eigenvalue weighted by atomic mass is 16.5. The van der Waals surface area contributed by atoms with Gasteiger partial charge in [-0.25, -0.2) is 0 Å². The number of nitrogens with two attached hydrogens (primary N) is 1. The molecule has 2 rings (SSSR count). The SMILES string of the molecule is COc1ccc2c(c1)C[C@@H](N)[C@H]2O. The van der Waals surface area contributed by atoms with Crippen LogP contribution < -0.4 is 10.5 Å².